The maximum absolute atomic E-state index is 11.3. The summed E-state index contributed by atoms with van der Waals surface area (Å²) >= 11 is 0. The van der Waals surface area contributed by atoms with Crippen molar-refractivity contribution in [3.8, 4) is 0 Å². The molecule has 4 heteroatoms. The van der Waals surface area contributed by atoms with Crippen LogP contribution in [0.3, 0.4) is 0 Å². The smallest absolute Gasteiger partial charge is 0.220 e. The molecule has 1 amide bonds. The Bertz CT molecular complexity index is 151. The van der Waals surface area contributed by atoms with Crippen molar-refractivity contribution in [2.24, 2.45) is 5.73 Å². The Kier molecular flexibility index (Phi) is 11.0. The fourth-order valence-electron chi connectivity index (χ4n) is 1.32. The number of rotatable bonds is 10. The molecule has 0 heterocycles. The van der Waals surface area contributed by atoms with Gasteiger partial charge >= 0.3 is 0 Å². The molecule has 0 unspecified atom stereocenters. The molecule has 0 aromatic carbocycles. The minimum Gasteiger partial charge on any atom is -0.355 e. The Labute approximate surface area is 93.0 Å². The molecule has 0 aromatic rings. The second-order valence-electron chi connectivity index (χ2n) is 3.70. The van der Waals surface area contributed by atoms with Crippen LogP contribution in [0.2, 0.25) is 0 Å². The van der Waals surface area contributed by atoms with Crippen LogP contribution in [0, 0.1) is 0 Å². The van der Waals surface area contributed by atoms with E-state index in [-0.39, 0.29) is 5.91 Å². The van der Waals surface area contributed by atoms with Crippen LogP contribution >= 0.6 is 0 Å². The molecule has 4 nitrogen and oxygen atoms in total. The number of carbonyl (C=O) groups excluding carboxylic acids is 1. The van der Waals surface area contributed by atoms with Gasteiger partial charge in [0.05, 0.1) is 0 Å². The molecule has 0 bridgehead atoms. The van der Waals surface area contributed by atoms with Crippen molar-refractivity contribution < 1.29 is 4.79 Å². The number of nitrogens with one attached hydrogen (secondary N) is 2. The van der Waals surface area contributed by atoms with Crippen LogP contribution in [0.5, 0.6) is 0 Å². The number of hydrogen-bond donors (Lipinski definition) is 3. The Morgan fingerprint density at radius 3 is 2.60 bits per heavy atom. The molecule has 0 fully saturated rings. The van der Waals surface area contributed by atoms with Gasteiger partial charge in [-0.1, -0.05) is 26.2 Å². The van der Waals surface area contributed by atoms with Gasteiger partial charge in [0.1, 0.15) is 0 Å². The van der Waals surface area contributed by atoms with Crippen LogP contribution in [0.25, 0.3) is 0 Å². The molecule has 0 aromatic heterocycles. The minimum atomic E-state index is 0.167. The summed E-state index contributed by atoms with van der Waals surface area (Å²) in [5.41, 5.74) is 5.31. The third-order valence-corrected chi connectivity index (χ3v) is 2.20. The lowest BCUT2D eigenvalue weighted by atomic mass is 10.1. The summed E-state index contributed by atoms with van der Waals surface area (Å²) in [6.45, 7) is 5.13. The van der Waals surface area contributed by atoms with E-state index in [0.29, 0.717) is 19.5 Å². The van der Waals surface area contributed by atoms with E-state index in [9.17, 15) is 4.79 Å². The first-order valence-electron chi connectivity index (χ1n) is 5.98. The molecule has 0 spiro atoms. The fraction of sp³-hybridized carbons (Fsp3) is 0.909. The highest BCUT2D eigenvalue weighted by molar-refractivity contribution is 5.75. The van der Waals surface area contributed by atoms with Crippen molar-refractivity contribution in [2.75, 3.05) is 26.2 Å². The molecule has 0 aliphatic rings. The lowest BCUT2D eigenvalue weighted by Gasteiger charge is -2.05. The van der Waals surface area contributed by atoms with Gasteiger partial charge in [-0.3, -0.25) is 4.79 Å². The topological polar surface area (TPSA) is 67.2 Å². The summed E-state index contributed by atoms with van der Waals surface area (Å²) < 4.78 is 0. The maximum Gasteiger partial charge on any atom is 0.220 e. The lowest BCUT2D eigenvalue weighted by Crippen LogP contribution is -2.33. The second-order valence-corrected chi connectivity index (χ2v) is 3.70. The van der Waals surface area contributed by atoms with E-state index in [0.717, 1.165) is 25.9 Å². The van der Waals surface area contributed by atoms with Gasteiger partial charge < -0.3 is 16.4 Å². The van der Waals surface area contributed by atoms with E-state index < -0.39 is 0 Å². The van der Waals surface area contributed by atoms with Gasteiger partial charge in [-0.2, -0.15) is 0 Å². The summed E-state index contributed by atoms with van der Waals surface area (Å²) in [6, 6.07) is 0. The van der Waals surface area contributed by atoms with E-state index in [1.165, 1.54) is 12.8 Å². The van der Waals surface area contributed by atoms with E-state index in [4.69, 9.17) is 5.73 Å². The molecular weight excluding hydrogens is 190 g/mol. The Balaban J connectivity index is 3.11. The van der Waals surface area contributed by atoms with E-state index in [1.54, 1.807) is 0 Å². The molecule has 0 saturated carbocycles. The highest BCUT2D eigenvalue weighted by Crippen LogP contribution is 2.01. The summed E-state index contributed by atoms with van der Waals surface area (Å²) in [5.74, 6) is 0.167. The monoisotopic (exact) mass is 215 g/mol. The van der Waals surface area contributed by atoms with Crippen LogP contribution in [0.4, 0.5) is 0 Å². The number of hydrogen-bond acceptors (Lipinski definition) is 3. The minimum absolute atomic E-state index is 0.167. The largest absolute Gasteiger partial charge is 0.355 e. The predicted molar refractivity (Wildman–Crippen MR) is 63.7 cm³/mol. The van der Waals surface area contributed by atoms with Crippen molar-refractivity contribution in [2.45, 2.75) is 39.0 Å². The van der Waals surface area contributed by atoms with Crippen molar-refractivity contribution in [3.05, 3.63) is 0 Å². The first-order chi connectivity index (χ1) is 7.31. The molecule has 0 rings (SSSR count). The summed E-state index contributed by atoms with van der Waals surface area (Å²) in [5, 5.41) is 6.00. The molecule has 0 atom stereocenters. The molecule has 0 saturated heterocycles. The first kappa shape index (κ1) is 14.4. The zero-order valence-corrected chi connectivity index (χ0v) is 9.85. The van der Waals surface area contributed by atoms with E-state index in [2.05, 4.69) is 17.6 Å². The Morgan fingerprint density at radius 1 is 1.13 bits per heavy atom. The second kappa shape index (κ2) is 11.5. The highest BCUT2D eigenvalue weighted by Gasteiger charge is 1.99. The SMILES string of the molecule is CCCCCCC(=O)NCCNCCN. The molecular formula is C11H25N3O. The summed E-state index contributed by atoms with van der Waals surface area (Å²) in [4.78, 5) is 11.3. The lowest BCUT2D eigenvalue weighted by molar-refractivity contribution is -0.121. The average molecular weight is 215 g/mol. The van der Waals surface area contributed by atoms with Gasteiger partial charge in [0.25, 0.3) is 0 Å². The van der Waals surface area contributed by atoms with Crippen LogP contribution in [0.1, 0.15) is 39.0 Å². The molecule has 0 aliphatic carbocycles. The van der Waals surface area contributed by atoms with Gasteiger partial charge in [-0.05, 0) is 6.42 Å². The zero-order chi connectivity index (χ0) is 11.4. The fourth-order valence-corrected chi connectivity index (χ4v) is 1.32. The standard InChI is InChI=1S/C11H25N3O/c1-2-3-4-5-6-11(15)14-10-9-13-8-7-12/h13H,2-10,12H2,1H3,(H,14,15). The maximum atomic E-state index is 11.3. The zero-order valence-electron chi connectivity index (χ0n) is 9.85. The van der Waals surface area contributed by atoms with Gasteiger partial charge in [0.2, 0.25) is 5.91 Å². The average Bonchev–Trinajstić information content (AvgIpc) is 2.24. The van der Waals surface area contributed by atoms with Crippen LogP contribution < -0.4 is 16.4 Å². The van der Waals surface area contributed by atoms with Crippen LogP contribution in [0.15, 0.2) is 0 Å². The van der Waals surface area contributed by atoms with Gasteiger partial charge in [0.15, 0.2) is 0 Å². The van der Waals surface area contributed by atoms with E-state index >= 15 is 0 Å². The summed E-state index contributed by atoms with van der Waals surface area (Å²) in [7, 11) is 0. The van der Waals surface area contributed by atoms with Crippen molar-refractivity contribution in [1.29, 1.82) is 0 Å². The normalized spacial score (nSPS) is 10.3. The number of nitrogens with two attached hydrogens (primary N) is 1. The Hall–Kier alpha value is -0.610. The predicted octanol–water partition coefficient (Wildman–Crippen LogP) is 0.621. The van der Waals surface area contributed by atoms with Gasteiger partial charge in [0, 0.05) is 32.6 Å². The Morgan fingerprint density at radius 2 is 1.93 bits per heavy atom. The first-order valence-corrected chi connectivity index (χ1v) is 5.98. The van der Waals surface area contributed by atoms with Crippen molar-refractivity contribution in [3.63, 3.8) is 0 Å². The molecule has 15 heavy (non-hydrogen) atoms. The van der Waals surface area contributed by atoms with Crippen molar-refractivity contribution in [1.82, 2.24) is 10.6 Å². The third kappa shape index (κ3) is 11.3. The third-order valence-electron chi connectivity index (χ3n) is 2.20. The van der Waals surface area contributed by atoms with Gasteiger partial charge in [-0.25, -0.2) is 0 Å². The number of carbonyl (C=O) groups is 1. The number of amides is 1. The molecule has 0 aliphatic heterocycles. The van der Waals surface area contributed by atoms with Crippen LogP contribution in [-0.2, 0) is 4.79 Å². The van der Waals surface area contributed by atoms with Crippen molar-refractivity contribution >= 4 is 5.91 Å². The van der Waals surface area contributed by atoms with Gasteiger partial charge in [-0.15, -0.1) is 0 Å². The molecule has 90 valence electrons. The number of unbranched alkanes of at least 4 members (excludes halogenated alkanes) is 3. The molecule has 4 N–H and O–H groups in total. The highest BCUT2D eigenvalue weighted by atomic mass is 16.1. The van der Waals surface area contributed by atoms with E-state index in [1.807, 2.05) is 0 Å². The summed E-state index contributed by atoms with van der Waals surface area (Å²) in [6.07, 6.45) is 5.28. The van der Waals surface area contributed by atoms with Crippen LogP contribution in [-0.4, -0.2) is 32.1 Å². The quantitative estimate of drug-likeness (QED) is 0.468. The molecule has 0 radical (unpaired) electrons.